The van der Waals surface area contributed by atoms with Crippen molar-refractivity contribution in [3.05, 3.63) is 59.8 Å². The van der Waals surface area contributed by atoms with Crippen molar-refractivity contribution in [2.75, 3.05) is 19.0 Å². The van der Waals surface area contributed by atoms with Gasteiger partial charge in [0.15, 0.2) is 0 Å². The molecule has 0 atom stereocenters. The number of nitrogens with zero attached hydrogens (tertiary/aromatic N) is 2. The number of esters is 1. The fourth-order valence-corrected chi connectivity index (χ4v) is 2.68. The zero-order valence-electron chi connectivity index (χ0n) is 14.4. The molecule has 6 nitrogen and oxygen atoms in total. The molecule has 26 heavy (non-hydrogen) atoms. The van der Waals surface area contributed by atoms with E-state index in [0.717, 1.165) is 0 Å². The van der Waals surface area contributed by atoms with E-state index in [4.69, 9.17) is 9.47 Å². The lowest BCUT2D eigenvalue weighted by atomic mass is 10.1. The minimum absolute atomic E-state index is 0.253. The number of pyridine rings is 1. The number of ether oxygens (including phenoxy) is 2. The number of anilines is 2. The van der Waals surface area contributed by atoms with Gasteiger partial charge in [0, 0.05) is 11.6 Å². The van der Waals surface area contributed by atoms with Gasteiger partial charge in [-0.3, -0.25) is 4.98 Å². The topological polar surface area (TPSA) is 84.2 Å². The van der Waals surface area contributed by atoms with Crippen LogP contribution in [-0.4, -0.2) is 24.7 Å². The van der Waals surface area contributed by atoms with E-state index in [1.165, 1.54) is 6.20 Å². The molecule has 1 N–H and O–H groups in total. The summed E-state index contributed by atoms with van der Waals surface area (Å²) >= 11 is 0. The molecule has 2 aromatic carbocycles. The Balaban J connectivity index is 2.23. The van der Waals surface area contributed by atoms with Crippen LogP contribution >= 0.6 is 0 Å². The third-order valence-electron chi connectivity index (χ3n) is 3.88. The lowest BCUT2D eigenvalue weighted by molar-refractivity contribution is 0.0527. The molecule has 1 aromatic heterocycles. The van der Waals surface area contributed by atoms with Gasteiger partial charge in [0.05, 0.1) is 30.7 Å². The molecular formula is C20H17N3O3. The molecule has 3 aromatic rings. The third kappa shape index (κ3) is 3.15. The summed E-state index contributed by atoms with van der Waals surface area (Å²) in [6.07, 6.45) is 1.46. The molecule has 0 fully saturated rings. The van der Waals surface area contributed by atoms with Crippen molar-refractivity contribution in [2.45, 2.75) is 6.92 Å². The van der Waals surface area contributed by atoms with Gasteiger partial charge in [-0.25, -0.2) is 4.79 Å². The van der Waals surface area contributed by atoms with Crippen LogP contribution in [0.1, 0.15) is 22.8 Å². The molecule has 3 rings (SSSR count). The SMILES string of the molecule is CCOC(=O)c1cnc2c(OC)cccc2c1Nc1ccccc1C#N. The van der Waals surface area contributed by atoms with Crippen LogP contribution in [0, 0.1) is 11.3 Å². The number of rotatable bonds is 5. The largest absolute Gasteiger partial charge is 0.494 e. The Kier molecular flexibility index (Phi) is 4.99. The van der Waals surface area contributed by atoms with Gasteiger partial charge < -0.3 is 14.8 Å². The summed E-state index contributed by atoms with van der Waals surface area (Å²) < 4.78 is 10.5. The minimum atomic E-state index is -0.485. The molecule has 1 heterocycles. The Morgan fingerprint density at radius 3 is 2.77 bits per heavy atom. The first kappa shape index (κ1) is 17.2. The quantitative estimate of drug-likeness (QED) is 0.701. The van der Waals surface area contributed by atoms with Gasteiger partial charge in [0.2, 0.25) is 0 Å². The molecule has 0 bridgehead atoms. The first-order chi connectivity index (χ1) is 12.7. The van der Waals surface area contributed by atoms with E-state index in [0.29, 0.717) is 39.2 Å². The summed E-state index contributed by atoms with van der Waals surface area (Å²) in [6.45, 7) is 2.00. The van der Waals surface area contributed by atoms with Crippen molar-refractivity contribution < 1.29 is 14.3 Å². The summed E-state index contributed by atoms with van der Waals surface area (Å²) in [7, 11) is 1.56. The third-order valence-corrected chi connectivity index (χ3v) is 3.88. The predicted molar refractivity (Wildman–Crippen MR) is 98.7 cm³/mol. The monoisotopic (exact) mass is 347 g/mol. The van der Waals surface area contributed by atoms with Crippen molar-refractivity contribution >= 4 is 28.2 Å². The highest BCUT2D eigenvalue weighted by molar-refractivity contribution is 6.07. The number of methoxy groups -OCH3 is 1. The highest BCUT2D eigenvalue weighted by atomic mass is 16.5. The van der Waals surface area contributed by atoms with Gasteiger partial charge in [-0.05, 0) is 25.1 Å². The Morgan fingerprint density at radius 1 is 1.23 bits per heavy atom. The van der Waals surface area contributed by atoms with Crippen LogP contribution in [-0.2, 0) is 4.74 Å². The van der Waals surface area contributed by atoms with Crippen molar-refractivity contribution in [2.24, 2.45) is 0 Å². The zero-order chi connectivity index (χ0) is 18.5. The number of fused-ring (bicyclic) bond motifs is 1. The molecule has 0 saturated heterocycles. The standard InChI is InChI=1S/C20H17N3O3/c1-3-26-20(24)15-12-22-19-14(8-6-10-17(19)25-2)18(15)23-16-9-5-4-7-13(16)11-21/h4-10,12H,3H2,1-2H3,(H,22,23). The second-order valence-electron chi connectivity index (χ2n) is 5.41. The average molecular weight is 347 g/mol. The first-order valence-electron chi connectivity index (χ1n) is 8.08. The molecule has 0 aliphatic rings. The minimum Gasteiger partial charge on any atom is -0.494 e. The van der Waals surface area contributed by atoms with Gasteiger partial charge in [-0.2, -0.15) is 5.26 Å². The number of nitrogens with one attached hydrogen (secondary N) is 1. The smallest absolute Gasteiger partial charge is 0.341 e. The van der Waals surface area contributed by atoms with E-state index in [1.54, 1.807) is 38.3 Å². The maximum atomic E-state index is 12.4. The first-order valence-corrected chi connectivity index (χ1v) is 8.08. The van der Waals surface area contributed by atoms with E-state index in [-0.39, 0.29) is 6.61 Å². The maximum Gasteiger partial charge on any atom is 0.341 e. The van der Waals surface area contributed by atoms with Crippen LogP contribution in [0.25, 0.3) is 10.9 Å². The Labute approximate surface area is 151 Å². The highest BCUT2D eigenvalue weighted by Gasteiger charge is 2.19. The van der Waals surface area contributed by atoms with Crippen LogP contribution in [0.3, 0.4) is 0 Å². The van der Waals surface area contributed by atoms with E-state index in [1.807, 2.05) is 18.2 Å². The van der Waals surface area contributed by atoms with Crippen LogP contribution in [0.5, 0.6) is 5.75 Å². The molecule has 0 radical (unpaired) electrons. The maximum absolute atomic E-state index is 12.4. The second kappa shape index (κ2) is 7.53. The van der Waals surface area contributed by atoms with Crippen LogP contribution in [0.4, 0.5) is 11.4 Å². The van der Waals surface area contributed by atoms with Crippen molar-refractivity contribution in [3.8, 4) is 11.8 Å². The summed E-state index contributed by atoms with van der Waals surface area (Å²) in [5.41, 5.74) is 2.49. The fraction of sp³-hybridized carbons (Fsp3) is 0.150. The summed E-state index contributed by atoms with van der Waals surface area (Å²) in [5, 5.41) is 13.2. The van der Waals surface area contributed by atoms with Gasteiger partial charge in [-0.1, -0.05) is 24.3 Å². The Hall–Kier alpha value is -3.59. The number of aromatic nitrogens is 1. The van der Waals surface area contributed by atoms with Crippen molar-refractivity contribution in [1.82, 2.24) is 4.98 Å². The number of hydrogen-bond donors (Lipinski definition) is 1. The molecule has 0 amide bonds. The molecule has 0 saturated carbocycles. The Morgan fingerprint density at radius 2 is 2.04 bits per heavy atom. The van der Waals surface area contributed by atoms with Crippen molar-refractivity contribution in [1.29, 1.82) is 5.26 Å². The number of carbonyl (C=O) groups is 1. The lowest BCUT2D eigenvalue weighted by Gasteiger charge is -2.16. The zero-order valence-corrected chi connectivity index (χ0v) is 14.4. The predicted octanol–water partition coefficient (Wildman–Crippen LogP) is 4.04. The van der Waals surface area contributed by atoms with E-state index in [9.17, 15) is 10.1 Å². The Bertz CT molecular complexity index is 1010. The average Bonchev–Trinajstić information content (AvgIpc) is 2.68. The van der Waals surface area contributed by atoms with Crippen molar-refractivity contribution in [3.63, 3.8) is 0 Å². The molecular weight excluding hydrogens is 330 g/mol. The summed E-state index contributed by atoms with van der Waals surface area (Å²) in [6, 6.07) is 14.7. The lowest BCUT2D eigenvalue weighted by Crippen LogP contribution is -2.10. The fourth-order valence-electron chi connectivity index (χ4n) is 2.68. The molecule has 0 aliphatic carbocycles. The molecule has 0 unspecified atom stereocenters. The highest BCUT2D eigenvalue weighted by Crippen LogP contribution is 2.34. The number of carbonyl (C=O) groups excluding carboxylic acids is 1. The molecule has 6 heteroatoms. The normalized spacial score (nSPS) is 10.2. The number of benzene rings is 2. The number of nitriles is 1. The van der Waals surface area contributed by atoms with Gasteiger partial charge in [0.25, 0.3) is 0 Å². The number of hydrogen-bond acceptors (Lipinski definition) is 6. The molecule has 0 aliphatic heterocycles. The van der Waals surface area contributed by atoms with E-state index in [2.05, 4.69) is 16.4 Å². The molecule has 130 valence electrons. The van der Waals surface area contributed by atoms with Gasteiger partial charge in [-0.15, -0.1) is 0 Å². The summed E-state index contributed by atoms with van der Waals surface area (Å²) in [4.78, 5) is 16.8. The van der Waals surface area contributed by atoms with Crippen LogP contribution in [0.2, 0.25) is 0 Å². The van der Waals surface area contributed by atoms with Gasteiger partial charge >= 0.3 is 5.97 Å². The van der Waals surface area contributed by atoms with Gasteiger partial charge in [0.1, 0.15) is 22.9 Å². The molecule has 0 spiro atoms. The second-order valence-corrected chi connectivity index (χ2v) is 5.41. The van der Waals surface area contributed by atoms with Crippen LogP contribution < -0.4 is 10.1 Å². The van der Waals surface area contributed by atoms with E-state index >= 15 is 0 Å². The van der Waals surface area contributed by atoms with E-state index < -0.39 is 5.97 Å². The summed E-state index contributed by atoms with van der Waals surface area (Å²) in [5.74, 6) is 0.108. The number of para-hydroxylation sites is 2. The van der Waals surface area contributed by atoms with Crippen LogP contribution in [0.15, 0.2) is 48.7 Å².